The molecular formula is C23H27FN6O3. The standard InChI is InChI=1S/C17H20FN5O3.C6H7N/c1-10-14-12(9-23(10)17(25)26-8-7-19-2)15(22-21-14)20-16(24)11-5-3-4-6-13(11)18;1-6-4-2-3-5-7-6/h3-6,10,19H,7-9H2,1-2H3,(H2,20,21,22,24);2-5H,1H3. The molecule has 33 heavy (non-hydrogen) atoms. The topological polar surface area (TPSA) is 112 Å². The Morgan fingerprint density at radius 1 is 1.24 bits per heavy atom. The molecule has 2 amide bonds. The van der Waals surface area contributed by atoms with E-state index in [2.05, 4.69) is 25.8 Å². The third-order valence-corrected chi connectivity index (χ3v) is 5.09. The van der Waals surface area contributed by atoms with Gasteiger partial charge in [0.2, 0.25) is 0 Å². The molecule has 0 saturated heterocycles. The summed E-state index contributed by atoms with van der Waals surface area (Å²) >= 11 is 0. The number of carbonyl (C=O) groups is 2. The van der Waals surface area contributed by atoms with Crippen LogP contribution in [0.25, 0.3) is 0 Å². The Labute approximate surface area is 191 Å². The summed E-state index contributed by atoms with van der Waals surface area (Å²) < 4.78 is 19.0. The molecule has 9 nitrogen and oxygen atoms in total. The highest BCUT2D eigenvalue weighted by Crippen LogP contribution is 2.36. The fourth-order valence-corrected chi connectivity index (χ4v) is 3.27. The number of carbonyl (C=O) groups excluding carboxylic acids is 2. The third-order valence-electron chi connectivity index (χ3n) is 5.09. The number of pyridine rings is 1. The zero-order valence-electron chi connectivity index (χ0n) is 18.8. The van der Waals surface area contributed by atoms with Gasteiger partial charge in [-0.05, 0) is 45.2 Å². The largest absolute Gasteiger partial charge is 0.448 e. The summed E-state index contributed by atoms with van der Waals surface area (Å²) in [5.74, 6) is -0.925. The zero-order chi connectivity index (χ0) is 23.8. The van der Waals surface area contributed by atoms with Gasteiger partial charge in [0.1, 0.15) is 12.4 Å². The second-order valence-corrected chi connectivity index (χ2v) is 7.39. The van der Waals surface area contributed by atoms with E-state index >= 15 is 0 Å². The number of likely N-dealkylation sites (N-methyl/N-ethyl adjacent to an activating group) is 1. The normalized spacial score (nSPS) is 14.2. The number of aromatic nitrogens is 3. The summed E-state index contributed by atoms with van der Waals surface area (Å²) in [6, 6.07) is 11.3. The number of aryl methyl sites for hydroxylation is 1. The maximum atomic E-state index is 13.8. The van der Waals surface area contributed by atoms with Crippen LogP contribution in [-0.4, -0.2) is 52.3 Å². The van der Waals surface area contributed by atoms with Crippen LogP contribution in [0.15, 0.2) is 48.7 Å². The average molecular weight is 455 g/mol. The van der Waals surface area contributed by atoms with Crippen LogP contribution in [0, 0.1) is 12.7 Å². The predicted molar refractivity (Wildman–Crippen MR) is 121 cm³/mol. The van der Waals surface area contributed by atoms with Crippen LogP contribution in [0.4, 0.5) is 15.0 Å². The molecule has 1 aromatic carbocycles. The minimum atomic E-state index is -0.611. The van der Waals surface area contributed by atoms with E-state index in [0.29, 0.717) is 12.1 Å². The first-order chi connectivity index (χ1) is 15.9. The van der Waals surface area contributed by atoms with Crippen molar-refractivity contribution in [2.75, 3.05) is 25.5 Å². The molecule has 0 saturated carbocycles. The van der Waals surface area contributed by atoms with Crippen molar-refractivity contribution in [3.05, 3.63) is 77.0 Å². The fourth-order valence-electron chi connectivity index (χ4n) is 3.27. The summed E-state index contributed by atoms with van der Waals surface area (Å²) in [6.45, 7) is 4.89. The van der Waals surface area contributed by atoms with Gasteiger partial charge in [0.25, 0.3) is 5.91 Å². The second-order valence-electron chi connectivity index (χ2n) is 7.39. The summed E-state index contributed by atoms with van der Waals surface area (Å²) in [5, 5.41) is 12.4. The van der Waals surface area contributed by atoms with Gasteiger partial charge in [0, 0.05) is 24.0 Å². The highest BCUT2D eigenvalue weighted by molar-refractivity contribution is 6.04. The van der Waals surface area contributed by atoms with Crippen molar-refractivity contribution in [2.45, 2.75) is 26.4 Å². The molecule has 0 bridgehead atoms. The quantitative estimate of drug-likeness (QED) is 0.509. The Morgan fingerprint density at radius 3 is 2.64 bits per heavy atom. The first kappa shape index (κ1) is 23.9. The molecule has 1 unspecified atom stereocenters. The highest BCUT2D eigenvalue weighted by atomic mass is 19.1. The molecule has 0 spiro atoms. The molecule has 1 atom stereocenters. The molecule has 2 aromatic heterocycles. The molecule has 3 N–H and O–H groups in total. The highest BCUT2D eigenvalue weighted by Gasteiger charge is 2.36. The number of nitrogens with zero attached hydrogens (tertiary/aromatic N) is 3. The predicted octanol–water partition coefficient (Wildman–Crippen LogP) is 3.42. The van der Waals surface area contributed by atoms with E-state index < -0.39 is 17.8 Å². The van der Waals surface area contributed by atoms with Gasteiger partial charge in [0.15, 0.2) is 5.82 Å². The van der Waals surface area contributed by atoms with Gasteiger partial charge in [-0.2, -0.15) is 5.10 Å². The first-order valence-electron chi connectivity index (χ1n) is 10.5. The number of amides is 2. The van der Waals surface area contributed by atoms with Gasteiger partial charge in [-0.1, -0.05) is 18.2 Å². The van der Waals surface area contributed by atoms with Crippen molar-refractivity contribution >= 4 is 17.8 Å². The molecule has 3 heterocycles. The molecule has 0 fully saturated rings. The second kappa shape index (κ2) is 11.2. The molecule has 0 radical (unpaired) electrons. The lowest BCUT2D eigenvalue weighted by molar-refractivity contribution is 0.0922. The van der Waals surface area contributed by atoms with Crippen LogP contribution in [0.1, 0.15) is 40.3 Å². The zero-order valence-corrected chi connectivity index (χ0v) is 18.8. The lowest BCUT2D eigenvalue weighted by Gasteiger charge is -2.21. The maximum Gasteiger partial charge on any atom is 0.410 e. The molecule has 10 heteroatoms. The van der Waals surface area contributed by atoms with Gasteiger partial charge in [-0.15, -0.1) is 0 Å². The monoisotopic (exact) mass is 454 g/mol. The molecule has 3 aromatic rings. The van der Waals surface area contributed by atoms with Gasteiger partial charge >= 0.3 is 6.09 Å². The Kier molecular flexibility index (Phi) is 8.09. The van der Waals surface area contributed by atoms with E-state index in [9.17, 15) is 14.0 Å². The first-order valence-corrected chi connectivity index (χ1v) is 10.5. The number of anilines is 1. The smallest absolute Gasteiger partial charge is 0.410 e. The van der Waals surface area contributed by atoms with Crippen molar-refractivity contribution in [2.24, 2.45) is 0 Å². The van der Waals surface area contributed by atoms with Gasteiger partial charge in [-0.3, -0.25) is 19.8 Å². The van der Waals surface area contributed by atoms with Gasteiger partial charge < -0.3 is 15.4 Å². The van der Waals surface area contributed by atoms with E-state index in [1.165, 1.54) is 23.1 Å². The van der Waals surface area contributed by atoms with Crippen LogP contribution in [0.5, 0.6) is 0 Å². The fraction of sp³-hybridized carbons (Fsp3) is 0.304. The average Bonchev–Trinajstić information content (AvgIpc) is 3.35. The maximum absolute atomic E-state index is 13.8. The van der Waals surface area contributed by atoms with Crippen LogP contribution in [0.3, 0.4) is 0 Å². The van der Waals surface area contributed by atoms with Gasteiger partial charge in [-0.25, -0.2) is 9.18 Å². The van der Waals surface area contributed by atoms with Crippen LogP contribution in [-0.2, 0) is 11.3 Å². The molecule has 1 aliphatic heterocycles. The summed E-state index contributed by atoms with van der Waals surface area (Å²) in [6.07, 6.45) is 1.35. The molecule has 0 aliphatic carbocycles. The van der Waals surface area contributed by atoms with Crippen LogP contribution in [0.2, 0.25) is 0 Å². The van der Waals surface area contributed by atoms with Crippen LogP contribution >= 0.6 is 0 Å². The van der Waals surface area contributed by atoms with Crippen molar-refractivity contribution < 1.29 is 18.7 Å². The summed E-state index contributed by atoms with van der Waals surface area (Å²) in [4.78, 5) is 30.0. The number of aromatic amines is 1. The lowest BCUT2D eigenvalue weighted by atomic mass is 10.2. The Morgan fingerprint density at radius 2 is 2.00 bits per heavy atom. The van der Waals surface area contributed by atoms with E-state index in [0.717, 1.165) is 11.4 Å². The number of rotatable bonds is 5. The van der Waals surface area contributed by atoms with E-state index in [4.69, 9.17) is 4.74 Å². The minimum Gasteiger partial charge on any atom is -0.448 e. The molecule has 1 aliphatic rings. The molecule has 174 valence electrons. The van der Waals surface area contributed by atoms with E-state index in [1.807, 2.05) is 32.0 Å². The van der Waals surface area contributed by atoms with Crippen molar-refractivity contribution in [1.29, 1.82) is 0 Å². The number of ether oxygens (including phenoxy) is 1. The van der Waals surface area contributed by atoms with Crippen LogP contribution < -0.4 is 10.6 Å². The number of halogens is 1. The Bertz CT molecular complexity index is 1090. The Hall–Kier alpha value is -3.79. The molecular weight excluding hydrogens is 427 g/mol. The number of hydrogen-bond acceptors (Lipinski definition) is 6. The van der Waals surface area contributed by atoms with Crippen molar-refractivity contribution in [3.8, 4) is 0 Å². The number of nitrogens with one attached hydrogen (secondary N) is 3. The van der Waals surface area contributed by atoms with Gasteiger partial charge in [0.05, 0.1) is 23.8 Å². The summed E-state index contributed by atoms with van der Waals surface area (Å²) in [7, 11) is 1.77. The number of H-pyrrole nitrogens is 1. The number of benzene rings is 1. The Balaban J connectivity index is 0.000000374. The summed E-state index contributed by atoms with van der Waals surface area (Å²) in [5.41, 5.74) is 2.41. The molecule has 4 rings (SSSR count). The van der Waals surface area contributed by atoms with Crippen molar-refractivity contribution in [1.82, 2.24) is 25.4 Å². The third kappa shape index (κ3) is 5.92. The lowest BCUT2D eigenvalue weighted by Crippen LogP contribution is -2.31. The SMILES string of the molecule is CNCCOC(=O)N1Cc2c(NC(=O)c3ccccc3F)n[nH]c2C1C.Cc1ccccn1. The minimum absolute atomic E-state index is 0.0707. The number of hydrogen-bond donors (Lipinski definition) is 3. The van der Waals surface area contributed by atoms with E-state index in [1.54, 1.807) is 19.3 Å². The van der Waals surface area contributed by atoms with Crippen molar-refractivity contribution in [3.63, 3.8) is 0 Å². The number of fused-ring (bicyclic) bond motifs is 1. The van der Waals surface area contributed by atoms with E-state index in [-0.39, 0.29) is 30.6 Å².